The summed E-state index contributed by atoms with van der Waals surface area (Å²) in [6.07, 6.45) is 0.460. The maximum atomic E-state index is 11.8. The number of anilines is 1. The second-order valence-electron chi connectivity index (χ2n) is 3.80. The minimum absolute atomic E-state index is 0.0247. The number of carbonyl (C=O) groups is 1. The molecule has 1 aromatic rings. The van der Waals surface area contributed by atoms with Gasteiger partial charge in [-0.3, -0.25) is 4.79 Å². The number of nitrogens with zero attached hydrogens (tertiary/aromatic N) is 2. The Morgan fingerprint density at radius 1 is 1.59 bits per heavy atom. The smallest absolute Gasteiger partial charge is 0.228 e. The predicted octanol–water partition coefficient (Wildman–Crippen LogP) is 2.07. The van der Waals surface area contributed by atoms with Gasteiger partial charge in [-0.1, -0.05) is 15.9 Å². The first-order chi connectivity index (χ1) is 8.15. The molecule has 2 rings (SSSR count). The highest BCUT2D eigenvalue weighted by atomic mass is 79.9. The number of nitriles is 1. The lowest BCUT2D eigenvalue weighted by Crippen LogP contribution is -2.25. The fourth-order valence-corrected chi connectivity index (χ4v) is 2.42. The van der Waals surface area contributed by atoms with Crippen LogP contribution in [0, 0.1) is 11.3 Å². The molecule has 1 unspecified atom stereocenters. The van der Waals surface area contributed by atoms with Crippen molar-refractivity contribution < 1.29 is 9.53 Å². The summed E-state index contributed by atoms with van der Waals surface area (Å²) in [5, 5.41) is 9.05. The highest BCUT2D eigenvalue weighted by molar-refractivity contribution is 9.09. The number of benzene rings is 1. The van der Waals surface area contributed by atoms with Gasteiger partial charge in [-0.15, -0.1) is 0 Å². The Labute approximate surface area is 108 Å². The molecule has 17 heavy (non-hydrogen) atoms. The second kappa shape index (κ2) is 4.76. The van der Waals surface area contributed by atoms with Crippen molar-refractivity contribution in [1.29, 1.82) is 5.26 Å². The molecule has 1 heterocycles. The lowest BCUT2D eigenvalue weighted by molar-refractivity contribution is -0.117. The van der Waals surface area contributed by atoms with E-state index in [1.54, 1.807) is 30.2 Å². The van der Waals surface area contributed by atoms with E-state index in [2.05, 4.69) is 22.0 Å². The molecule has 0 aliphatic carbocycles. The number of hydrogen-bond acceptors (Lipinski definition) is 3. The van der Waals surface area contributed by atoms with Crippen LogP contribution in [0.15, 0.2) is 18.2 Å². The Balaban J connectivity index is 2.43. The summed E-state index contributed by atoms with van der Waals surface area (Å²) in [7, 11) is 1.56. The third-order valence-corrected chi connectivity index (χ3v) is 3.31. The number of alkyl halides is 1. The van der Waals surface area contributed by atoms with Crippen LogP contribution in [0.1, 0.15) is 12.0 Å². The largest absolute Gasteiger partial charge is 0.497 e. The number of rotatable bonds is 2. The zero-order valence-electron chi connectivity index (χ0n) is 9.31. The number of carbonyl (C=O) groups excluding carboxylic acids is 1. The van der Waals surface area contributed by atoms with Crippen LogP contribution in [0.2, 0.25) is 0 Å². The van der Waals surface area contributed by atoms with Crippen LogP contribution in [0.3, 0.4) is 0 Å². The van der Waals surface area contributed by atoms with E-state index >= 15 is 0 Å². The van der Waals surface area contributed by atoms with Gasteiger partial charge in [0.1, 0.15) is 11.8 Å². The number of methoxy groups -OCH3 is 1. The van der Waals surface area contributed by atoms with E-state index in [1.807, 2.05) is 0 Å². The lowest BCUT2D eigenvalue weighted by atomic mass is 10.1. The molecule has 0 radical (unpaired) electrons. The SMILES string of the molecule is COc1ccc(C#N)c(N2CC(Br)CC2=O)c1. The van der Waals surface area contributed by atoms with Gasteiger partial charge in [0.2, 0.25) is 5.91 Å². The third kappa shape index (κ3) is 2.27. The number of amides is 1. The molecule has 1 aromatic carbocycles. The van der Waals surface area contributed by atoms with Gasteiger partial charge in [0.15, 0.2) is 0 Å². The highest BCUT2D eigenvalue weighted by Crippen LogP contribution is 2.30. The first-order valence-corrected chi connectivity index (χ1v) is 6.10. The van der Waals surface area contributed by atoms with E-state index in [-0.39, 0.29) is 10.7 Å². The molecule has 0 N–H and O–H groups in total. The Bertz CT molecular complexity index is 496. The maximum absolute atomic E-state index is 11.8. The Kier molecular flexibility index (Phi) is 3.34. The van der Waals surface area contributed by atoms with Crippen molar-refractivity contribution >= 4 is 27.5 Å². The molecule has 0 spiro atoms. The second-order valence-corrected chi connectivity index (χ2v) is 5.10. The van der Waals surface area contributed by atoms with Crippen LogP contribution < -0.4 is 9.64 Å². The van der Waals surface area contributed by atoms with Crippen LogP contribution in [0.5, 0.6) is 5.75 Å². The summed E-state index contributed by atoms with van der Waals surface area (Å²) < 4.78 is 5.12. The molecule has 1 atom stereocenters. The molecule has 5 heteroatoms. The summed E-state index contributed by atoms with van der Waals surface area (Å²) in [4.78, 5) is 13.6. The molecule has 88 valence electrons. The molecule has 4 nitrogen and oxygen atoms in total. The summed E-state index contributed by atoms with van der Waals surface area (Å²) in [5.74, 6) is 0.668. The monoisotopic (exact) mass is 294 g/mol. The molecular weight excluding hydrogens is 284 g/mol. The zero-order chi connectivity index (χ0) is 12.4. The van der Waals surface area contributed by atoms with Crippen LogP contribution in [0.25, 0.3) is 0 Å². The van der Waals surface area contributed by atoms with E-state index in [1.165, 1.54) is 0 Å². The van der Waals surface area contributed by atoms with Crippen LogP contribution >= 0.6 is 15.9 Å². The first-order valence-electron chi connectivity index (χ1n) is 5.18. The van der Waals surface area contributed by atoms with Crippen LogP contribution in [-0.2, 0) is 4.79 Å². The van der Waals surface area contributed by atoms with E-state index in [0.717, 1.165) is 0 Å². The molecule has 0 bridgehead atoms. The standard InChI is InChI=1S/C12H11BrN2O2/c1-17-10-3-2-8(6-14)11(5-10)15-7-9(13)4-12(15)16/h2-3,5,9H,4,7H2,1H3. The number of ether oxygens (including phenoxy) is 1. The Morgan fingerprint density at radius 3 is 2.88 bits per heavy atom. The molecule has 0 saturated carbocycles. The zero-order valence-corrected chi connectivity index (χ0v) is 10.9. The normalized spacial score (nSPS) is 19.2. The predicted molar refractivity (Wildman–Crippen MR) is 67.4 cm³/mol. The van der Waals surface area contributed by atoms with Gasteiger partial charge < -0.3 is 9.64 Å². The Morgan fingerprint density at radius 2 is 2.35 bits per heavy atom. The molecule has 1 aliphatic rings. The van der Waals surface area contributed by atoms with Gasteiger partial charge in [-0.05, 0) is 12.1 Å². The fraction of sp³-hybridized carbons (Fsp3) is 0.333. The molecule has 1 fully saturated rings. The average molecular weight is 295 g/mol. The van der Waals surface area contributed by atoms with Crippen LogP contribution in [0.4, 0.5) is 5.69 Å². The van der Waals surface area contributed by atoms with Gasteiger partial charge in [-0.2, -0.15) is 5.26 Å². The molecule has 1 amide bonds. The lowest BCUT2D eigenvalue weighted by Gasteiger charge is -2.18. The van der Waals surface area contributed by atoms with E-state index in [9.17, 15) is 4.79 Å². The average Bonchev–Trinajstić information content (AvgIpc) is 2.67. The molecule has 1 saturated heterocycles. The van der Waals surface area contributed by atoms with Crippen molar-refractivity contribution in [3.63, 3.8) is 0 Å². The first kappa shape index (κ1) is 11.9. The van der Waals surface area contributed by atoms with Crippen LogP contribution in [-0.4, -0.2) is 24.4 Å². The summed E-state index contributed by atoms with van der Waals surface area (Å²) in [6.45, 7) is 0.584. The summed E-state index contributed by atoms with van der Waals surface area (Å²) >= 11 is 3.42. The van der Waals surface area contributed by atoms with E-state index < -0.39 is 0 Å². The van der Waals surface area contributed by atoms with Crippen molar-refractivity contribution in [3.8, 4) is 11.8 Å². The van der Waals surface area contributed by atoms with Gasteiger partial charge in [0, 0.05) is 23.9 Å². The van der Waals surface area contributed by atoms with Crippen molar-refractivity contribution in [2.45, 2.75) is 11.2 Å². The number of halogens is 1. The molecule has 1 aliphatic heterocycles. The summed E-state index contributed by atoms with van der Waals surface area (Å²) in [5.41, 5.74) is 1.11. The minimum atomic E-state index is 0.0247. The van der Waals surface area contributed by atoms with Gasteiger partial charge in [-0.25, -0.2) is 0 Å². The maximum Gasteiger partial charge on any atom is 0.228 e. The van der Waals surface area contributed by atoms with Crippen molar-refractivity contribution in [3.05, 3.63) is 23.8 Å². The van der Waals surface area contributed by atoms with E-state index in [0.29, 0.717) is 30.0 Å². The quantitative estimate of drug-likeness (QED) is 0.785. The topological polar surface area (TPSA) is 53.3 Å². The van der Waals surface area contributed by atoms with Gasteiger partial charge in [0.25, 0.3) is 0 Å². The van der Waals surface area contributed by atoms with Gasteiger partial charge >= 0.3 is 0 Å². The fourth-order valence-electron chi connectivity index (χ4n) is 1.85. The van der Waals surface area contributed by atoms with Crippen molar-refractivity contribution in [2.24, 2.45) is 0 Å². The summed E-state index contributed by atoms with van der Waals surface area (Å²) in [6, 6.07) is 7.20. The molecule has 0 aromatic heterocycles. The minimum Gasteiger partial charge on any atom is -0.497 e. The molecular formula is C12H11BrN2O2. The highest BCUT2D eigenvalue weighted by Gasteiger charge is 2.30. The number of hydrogen-bond donors (Lipinski definition) is 0. The van der Waals surface area contributed by atoms with E-state index in [4.69, 9.17) is 10.00 Å². The van der Waals surface area contributed by atoms with Crippen molar-refractivity contribution in [1.82, 2.24) is 0 Å². The third-order valence-electron chi connectivity index (χ3n) is 2.69. The Hall–Kier alpha value is -1.54. The van der Waals surface area contributed by atoms with Crippen molar-refractivity contribution in [2.75, 3.05) is 18.6 Å². The van der Waals surface area contributed by atoms with Gasteiger partial charge in [0.05, 0.1) is 18.4 Å².